The Kier molecular flexibility index (Phi) is 7.38. The van der Waals surface area contributed by atoms with Crippen LogP contribution >= 0.6 is 0 Å². The van der Waals surface area contributed by atoms with Crippen LogP contribution in [0.5, 0.6) is 17.2 Å². The Morgan fingerprint density at radius 1 is 1.08 bits per heavy atom. The number of nitrogens with one attached hydrogen (secondary N) is 2. The third-order valence-electron chi connectivity index (χ3n) is 3.40. The van der Waals surface area contributed by atoms with E-state index in [0.29, 0.717) is 24.6 Å². The fraction of sp³-hybridized carbons (Fsp3) is 0.250. The molecule has 2 rings (SSSR count). The Balaban J connectivity index is 2.00. The third-order valence-corrected chi connectivity index (χ3v) is 3.40. The molecule has 0 heterocycles. The van der Waals surface area contributed by atoms with Gasteiger partial charge in [0.15, 0.2) is 17.5 Å². The molecule has 5 nitrogen and oxygen atoms in total. The summed E-state index contributed by atoms with van der Waals surface area (Å²) in [5, 5.41) is 6.38. The molecule has 0 unspecified atom stereocenters. The number of nitrogens with zero attached hydrogens (tertiary/aromatic N) is 1. The van der Waals surface area contributed by atoms with Crippen molar-refractivity contribution in [2.24, 2.45) is 4.99 Å². The van der Waals surface area contributed by atoms with Crippen molar-refractivity contribution >= 4 is 5.96 Å². The second-order valence-electron chi connectivity index (χ2n) is 5.26. The third kappa shape index (κ3) is 5.88. The van der Waals surface area contributed by atoms with E-state index in [2.05, 4.69) is 22.2 Å². The minimum atomic E-state index is 0.585. The maximum atomic E-state index is 5.88. The van der Waals surface area contributed by atoms with Gasteiger partial charge in [-0.05, 0) is 36.8 Å². The van der Waals surface area contributed by atoms with Crippen molar-refractivity contribution < 1.29 is 9.47 Å². The van der Waals surface area contributed by atoms with Crippen molar-refractivity contribution in [2.45, 2.75) is 13.5 Å². The number of ether oxygens (including phenoxy) is 2. The van der Waals surface area contributed by atoms with Gasteiger partial charge in [0.25, 0.3) is 0 Å². The molecule has 2 aromatic carbocycles. The van der Waals surface area contributed by atoms with E-state index < -0.39 is 0 Å². The van der Waals surface area contributed by atoms with E-state index in [1.807, 2.05) is 55.5 Å². The molecule has 2 N–H and O–H groups in total. The summed E-state index contributed by atoms with van der Waals surface area (Å²) in [6.45, 7) is 7.81. The Labute approximate surface area is 149 Å². The molecular weight excluding hydrogens is 314 g/mol. The molecule has 0 amide bonds. The topological polar surface area (TPSA) is 54.9 Å². The van der Waals surface area contributed by atoms with Gasteiger partial charge in [-0.2, -0.15) is 0 Å². The fourth-order valence-electron chi connectivity index (χ4n) is 2.17. The highest BCUT2D eigenvalue weighted by molar-refractivity contribution is 5.79. The van der Waals surface area contributed by atoms with Gasteiger partial charge in [0.05, 0.1) is 13.7 Å². The first kappa shape index (κ1) is 18.4. The van der Waals surface area contributed by atoms with E-state index in [0.717, 1.165) is 23.8 Å². The molecule has 0 saturated heterocycles. The van der Waals surface area contributed by atoms with Crippen LogP contribution in [0, 0.1) is 0 Å². The summed E-state index contributed by atoms with van der Waals surface area (Å²) in [5.74, 6) is 2.93. The SMILES string of the molecule is C=CCNC(=NCc1ccc(Oc2ccccc2OC)cc1)NCC. The maximum absolute atomic E-state index is 5.88. The second-order valence-corrected chi connectivity index (χ2v) is 5.26. The fourth-order valence-corrected chi connectivity index (χ4v) is 2.17. The van der Waals surface area contributed by atoms with Crippen molar-refractivity contribution in [2.75, 3.05) is 20.2 Å². The molecule has 0 aliphatic carbocycles. The van der Waals surface area contributed by atoms with Crippen molar-refractivity contribution in [3.05, 3.63) is 66.7 Å². The number of rotatable bonds is 8. The molecule has 0 aromatic heterocycles. The van der Waals surface area contributed by atoms with Crippen molar-refractivity contribution in [3.8, 4) is 17.2 Å². The highest BCUT2D eigenvalue weighted by Crippen LogP contribution is 2.30. The lowest BCUT2D eigenvalue weighted by molar-refractivity contribution is 0.379. The summed E-state index contributed by atoms with van der Waals surface area (Å²) in [5.41, 5.74) is 1.10. The van der Waals surface area contributed by atoms with Gasteiger partial charge in [-0.25, -0.2) is 4.99 Å². The summed E-state index contributed by atoms with van der Waals surface area (Å²) in [6.07, 6.45) is 1.80. The predicted molar refractivity (Wildman–Crippen MR) is 103 cm³/mol. The van der Waals surface area contributed by atoms with E-state index in [9.17, 15) is 0 Å². The Morgan fingerprint density at radius 3 is 2.44 bits per heavy atom. The van der Waals surface area contributed by atoms with Gasteiger partial charge in [0, 0.05) is 13.1 Å². The van der Waals surface area contributed by atoms with Gasteiger partial charge in [-0.1, -0.05) is 30.3 Å². The van der Waals surface area contributed by atoms with Gasteiger partial charge >= 0.3 is 0 Å². The standard InChI is InChI=1S/C20H25N3O2/c1-4-14-22-20(21-5-2)23-15-16-10-12-17(13-11-16)25-19-9-7-6-8-18(19)24-3/h4,6-13H,1,5,14-15H2,2-3H3,(H2,21,22,23). The quantitative estimate of drug-likeness (QED) is 0.437. The van der Waals surface area contributed by atoms with Crippen LogP contribution < -0.4 is 20.1 Å². The van der Waals surface area contributed by atoms with Crippen molar-refractivity contribution in [1.82, 2.24) is 10.6 Å². The van der Waals surface area contributed by atoms with Crippen LogP contribution in [0.15, 0.2) is 66.2 Å². The lowest BCUT2D eigenvalue weighted by atomic mass is 10.2. The number of hydrogen-bond acceptors (Lipinski definition) is 3. The van der Waals surface area contributed by atoms with Crippen LogP contribution in [0.1, 0.15) is 12.5 Å². The minimum absolute atomic E-state index is 0.585. The van der Waals surface area contributed by atoms with E-state index in [-0.39, 0.29) is 0 Å². The van der Waals surface area contributed by atoms with Crippen LogP contribution in [0.2, 0.25) is 0 Å². The number of guanidine groups is 1. The van der Waals surface area contributed by atoms with Gasteiger partial charge in [-0.15, -0.1) is 6.58 Å². The molecule has 0 atom stereocenters. The monoisotopic (exact) mass is 339 g/mol. The summed E-state index contributed by atoms with van der Waals surface area (Å²) in [6, 6.07) is 15.5. The Morgan fingerprint density at radius 2 is 1.80 bits per heavy atom. The first-order valence-electron chi connectivity index (χ1n) is 8.29. The summed E-state index contributed by atoms with van der Waals surface area (Å²) in [4.78, 5) is 4.55. The van der Waals surface area contributed by atoms with Crippen LogP contribution in [0.3, 0.4) is 0 Å². The molecule has 132 valence electrons. The van der Waals surface area contributed by atoms with Gasteiger partial charge < -0.3 is 20.1 Å². The molecule has 5 heteroatoms. The molecular formula is C20H25N3O2. The molecule has 0 radical (unpaired) electrons. The number of hydrogen-bond donors (Lipinski definition) is 2. The average molecular weight is 339 g/mol. The Hall–Kier alpha value is -2.95. The zero-order chi connectivity index (χ0) is 17.9. The largest absolute Gasteiger partial charge is 0.493 e. The predicted octanol–water partition coefficient (Wildman–Crippen LogP) is 3.73. The summed E-state index contributed by atoms with van der Waals surface area (Å²) < 4.78 is 11.2. The van der Waals surface area contributed by atoms with Crippen LogP contribution in [0.25, 0.3) is 0 Å². The number of para-hydroxylation sites is 2. The molecule has 0 saturated carbocycles. The molecule has 0 spiro atoms. The van der Waals surface area contributed by atoms with E-state index >= 15 is 0 Å². The Bertz CT molecular complexity index is 696. The smallest absolute Gasteiger partial charge is 0.191 e. The first-order valence-corrected chi connectivity index (χ1v) is 8.29. The molecule has 25 heavy (non-hydrogen) atoms. The summed E-state index contributed by atoms with van der Waals surface area (Å²) >= 11 is 0. The van der Waals surface area contributed by atoms with Crippen LogP contribution in [-0.4, -0.2) is 26.2 Å². The van der Waals surface area contributed by atoms with Crippen LogP contribution in [-0.2, 0) is 6.54 Å². The molecule has 0 aliphatic heterocycles. The number of benzene rings is 2. The van der Waals surface area contributed by atoms with Crippen molar-refractivity contribution in [1.29, 1.82) is 0 Å². The van der Waals surface area contributed by atoms with E-state index in [4.69, 9.17) is 9.47 Å². The molecule has 0 aliphatic rings. The molecule has 0 fully saturated rings. The first-order chi connectivity index (χ1) is 12.3. The maximum Gasteiger partial charge on any atom is 0.191 e. The van der Waals surface area contributed by atoms with Crippen LogP contribution in [0.4, 0.5) is 0 Å². The average Bonchev–Trinajstić information content (AvgIpc) is 2.65. The zero-order valence-electron chi connectivity index (χ0n) is 14.8. The summed E-state index contributed by atoms with van der Waals surface area (Å²) in [7, 11) is 1.63. The lowest BCUT2D eigenvalue weighted by Crippen LogP contribution is -2.37. The van der Waals surface area contributed by atoms with Crippen molar-refractivity contribution in [3.63, 3.8) is 0 Å². The van der Waals surface area contributed by atoms with Gasteiger partial charge in [-0.3, -0.25) is 0 Å². The molecule has 2 aromatic rings. The number of aliphatic imine (C=N–C) groups is 1. The zero-order valence-corrected chi connectivity index (χ0v) is 14.8. The van der Waals surface area contributed by atoms with Gasteiger partial charge in [0.1, 0.15) is 5.75 Å². The van der Waals surface area contributed by atoms with Gasteiger partial charge in [0.2, 0.25) is 0 Å². The minimum Gasteiger partial charge on any atom is -0.493 e. The normalized spacial score (nSPS) is 10.9. The van der Waals surface area contributed by atoms with E-state index in [1.54, 1.807) is 13.2 Å². The van der Waals surface area contributed by atoms with E-state index in [1.165, 1.54) is 0 Å². The highest BCUT2D eigenvalue weighted by Gasteiger charge is 2.04. The lowest BCUT2D eigenvalue weighted by Gasteiger charge is -2.11. The molecule has 0 bridgehead atoms. The number of methoxy groups -OCH3 is 1. The second kappa shape index (κ2) is 10.0. The highest BCUT2D eigenvalue weighted by atomic mass is 16.5.